The van der Waals surface area contributed by atoms with Gasteiger partial charge in [0.25, 0.3) is 0 Å². The minimum absolute atomic E-state index is 0.152. The van der Waals surface area contributed by atoms with Gasteiger partial charge in [0.2, 0.25) is 17.7 Å². The summed E-state index contributed by atoms with van der Waals surface area (Å²) >= 11 is 5.94. The van der Waals surface area contributed by atoms with Crippen molar-refractivity contribution in [2.24, 2.45) is 23.7 Å². The number of likely N-dealkylation sites (tertiary alicyclic amines) is 1. The van der Waals surface area contributed by atoms with E-state index in [1.807, 2.05) is 19.1 Å². The Labute approximate surface area is 144 Å². The largest absolute Gasteiger partial charge is 0.324 e. The van der Waals surface area contributed by atoms with Crippen LogP contribution < -0.4 is 5.32 Å². The number of hydrogen-bond donors (Lipinski definition) is 1. The molecule has 0 aromatic heterocycles. The summed E-state index contributed by atoms with van der Waals surface area (Å²) in [7, 11) is 0. The van der Waals surface area contributed by atoms with Crippen LogP contribution in [0.5, 0.6) is 0 Å². The van der Waals surface area contributed by atoms with E-state index < -0.39 is 0 Å². The fourth-order valence-corrected chi connectivity index (χ4v) is 4.35. The Balaban J connectivity index is 1.48. The van der Waals surface area contributed by atoms with Crippen molar-refractivity contribution in [1.29, 1.82) is 0 Å². The maximum Gasteiger partial charge on any atom is 0.244 e. The first-order chi connectivity index (χ1) is 11.5. The number of carbonyl (C=O) groups is 3. The lowest BCUT2D eigenvalue weighted by molar-refractivity contribution is -0.143. The Morgan fingerprint density at radius 1 is 1.21 bits per heavy atom. The average molecular weight is 345 g/mol. The molecule has 3 amide bonds. The van der Waals surface area contributed by atoms with Crippen LogP contribution in [0.4, 0.5) is 5.69 Å². The van der Waals surface area contributed by atoms with Crippen LogP contribution in [0.25, 0.3) is 0 Å². The summed E-state index contributed by atoms with van der Waals surface area (Å²) in [6, 6.07) is 5.20. The van der Waals surface area contributed by atoms with E-state index in [4.69, 9.17) is 11.6 Å². The second-order valence-corrected chi connectivity index (χ2v) is 7.21. The maximum absolute atomic E-state index is 12.6. The third-order valence-corrected chi connectivity index (χ3v) is 5.57. The average Bonchev–Trinajstić information content (AvgIpc) is 3.21. The van der Waals surface area contributed by atoms with E-state index >= 15 is 0 Å². The molecule has 1 N–H and O–H groups in total. The summed E-state index contributed by atoms with van der Waals surface area (Å²) in [6.07, 6.45) is 4.96. The lowest BCUT2D eigenvalue weighted by Gasteiger charge is -2.17. The number of amides is 3. The number of anilines is 1. The standard InChI is InChI=1S/C18H17ClN2O3/c1-9-2-5-12(19)7-13(9)20-14(22)8-21-17(23)15-10-3-4-11(6-10)16(15)18(21)24/h2-5,7,10-11,15-16H,6,8H2,1H3,(H,20,22)/t10-,11-,15+,16+/m0/s1. The predicted octanol–water partition coefficient (Wildman–Crippen LogP) is 2.39. The Morgan fingerprint density at radius 3 is 2.46 bits per heavy atom. The van der Waals surface area contributed by atoms with E-state index in [2.05, 4.69) is 5.32 Å². The molecule has 1 aromatic rings. The van der Waals surface area contributed by atoms with E-state index in [-0.39, 0.29) is 47.9 Å². The molecule has 0 spiro atoms. The molecule has 6 heteroatoms. The van der Waals surface area contributed by atoms with Crippen LogP contribution in [0.1, 0.15) is 12.0 Å². The highest BCUT2D eigenvalue weighted by atomic mass is 35.5. The first-order valence-corrected chi connectivity index (χ1v) is 8.43. The van der Waals surface area contributed by atoms with Gasteiger partial charge in [-0.05, 0) is 42.9 Å². The van der Waals surface area contributed by atoms with Gasteiger partial charge in [-0.3, -0.25) is 19.3 Å². The number of nitrogens with zero attached hydrogens (tertiary/aromatic N) is 1. The van der Waals surface area contributed by atoms with Crippen LogP contribution in [0.15, 0.2) is 30.4 Å². The Hall–Kier alpha value is -2.14. The fraction of sp³-hybridized carbons (Fsp3) is 0.389. The van der Waals surface area contributed by atoms with Crippen molar-refractivity contribution < 1.29 is 14.4 Å². The number of allylic oxidation sites excluding steroid dienone is 2. The molecule has 2 aliphatic carbocycles. The summed E-state index contributed by atoms with van der Waals surface area (Å²) in [5.74, 6) is -1.04. The molecule has 0 radical (unpaired) electrons. The molecule has 1 saturated carbocycles. The smallest absolute Gasteiger partial charge is 0.244 e. The highest BCUT2D eigenvalue weighted by Crippen LogP contribution is 2.52. The summed E-state index contributed by atoms with van der Waals surface area (Å²) < 4.78 is 0. The van der Waals surface area contributed by atoms with Crippen LogP contribution in [-0.4, -0.2) is 29.2 Å². The van der Waals surface area contributed by atoms with Gasteiger partial charge in [-0.2, -0.15) is 0 Å². The zero-order valence-corrected chi connectivity index (χ0v) is 13.9. The minimum Gasteiger partial charge on any atom is -0.324 e. The molecule has 4 atom stereocenters. The van der Waals surface area contributed by atoms with E-state index in [1.165, 1.54) is 0 Å². The second kappa shape index (κ2) is 5.45. The summed E-state index contributed by atoms with van der Waals surface area (Å²) in [5, 5.41) is 3.25. The number of nitrogens with one attached hydrogen (secondary N) is 1. The van der Waals surface area contributed by atoms with Gasteiger partial charge < -0.3 is 5.32 Å². The van der Waals surface area contributed by atoms with Gasteiger partial charge in [0.15, 0.2) is 0 Å². The van der Waals surface area contributed by atoms with Crippen molar-refractivity contribution in [1.82, 2.24) is 4.90 Å². The van der Waals surface area contributed by atoms with E-state index in [0.29, 0.717) is 10.7 Å². The lowest BCUT2D eigenvalue weighted by atomic mass is 9.85. The van der Waals surface area contributed by atoms with Gasteiger partial charge in [0.1, 0.15) is 6.54 Å². The van der Waals surface area contributed by atoms with Gasteiger partial charge in [-0.1, -0.05) is 29.8 Å². The number of hydrogen-bond acceptors (Lipinski definition) is 3. The van der Waals surface area contributed by atoms with Crippen LogP contribution in [0.2, 0.25) is 5.02 Å². The first kappa shape index (κ1) is 15.4. The molecule has 124 valence electrons. The minimum atomic E-state index is -0.387. The molecule has 1 aliphatic heterocycles. The number of imide groups is 1. The van der Waals surface area contributed by atoms with Crippen LogP contribution in [-0.2, 0) is 14.4 Å². The van der Waals surface area contributed by atoms with Crippen molar-refractivity contribution >= 4 is 35.0 Å². The monoisotopic (exact) mass is 344 g/mol. The zero-order valence-electron chi connectivity index (χ0n) is 13.2. The van der Waals surface area contributed by atoms with Crippen LogP contribution >= 0.6 is 11.6 Å². The molecule has 5 nitrogen and oxygen atoms in total. The van der Waals surface area contributed by atoms with Gasteiger partial charge in [0, 0.05) is 10.7 Å². The molecule has 2 fully saturated rings. The Bertz CT molecular complexity index is 758. The lowest BCUT2D eigenvalue weighted by Crippen LogP contribution is -2.39. The predicted molar refractivity (Wildman–Crippen MR) is 89.3 cm³/mol. The maximum atomic E-state index is 12.6. The molecule has 24 heavy (non-hydrogen) atoms. The Kier molecular flexibility index (Phi) is 3.49. The third-order valence-electron chi connectivity index (χ3n) is 5.34. The highest BCUT2D eigenvalue weighted by molar-refractivity contribution is 6.31. The molecule has 2 bridgehead atoms. The normalized spacial score (nSPS) is 30.2. The molecule has 1 aromatic carbocycles. The number of aryl methyl sites for hydroxylation is 1. The van der Waals surface area contributed by atoms with Crippen LogP contribution in [0.3, 0.4) is 0 Å². The zero-order chi connectivity index (χ0) is 17.0. The Morgan fingerprint density at radius 2 is 1.83 bits per heavy atom. The highest BCUT2D eigenvalue weighted by Gasteiger charge is 2.59. The van der Waals surface area contributed by atoms with Crippen molar-refractivity contribution in [3.05, 3.63) is 40.9 Å². The quantitative estimate of drug-likeness (QED) is 0.676. The third kappa shape index (κ3) is 2.26. The summed E-state index contributed by atoms with van der Waals surface area (Å²) in [6.45, 7) is 1.61. The van der Waals surface area contributed by atoms with Crippen molar-refractivity contribution in [2.45, 2.75) is 13.3 Å². The number of halogens is 1. The number of fused-ring (bicyclic) bond motifs is 5. The number of benzene rings is 1. The van der Waals surface area contributed by atoms with E-state index in [0.717, 1.165) is 16.9 Å². The van der Waals surface area contributed by atoms with Gasteiger partial charge in [-0.15, -0.1) is 0 Å². The fourth-order valence-electron chi connectivity index (χ4n) is 4.18. The van der Waals surface area contributed by atoms with Gasteiger partial charge in [0.05, 0.1) is 11.8 Å². The SMILES string of the molecule is Cc1ccc(Cl)cc1NC(=O)CN1C(=O)[C@H]2[C@H](C1=O)[C@H]1C=C[C@H]2C1. The van der Waals surface area contributed by atoms with Crippen LogP contribution in [0, 0.1) is 30.6 Å². The molecular weight excluding hydrogens is 328 g/mol. The molecule has 0 unspecified atom stereocenters. The summed E-state index contributed by atoms with van der Waals surface area (Å²) in [5.41, 5.74) is 1.46. The van der Waals surface area contributed by atoms with Gasteiger partial charge in [-0.25, -0.2) is 0 Å². The van der Waals surface area contributed by atoms with Crippen molar-refractivity contribution in [2.75, 3.05) is 11.9 Å². The molecule has 4 rings (SSSR count). The number of carbonyl (C=O) groups excluding carboxylic acids is 3. The number of rotatable bonds is 3. The molecular formula is C18H17ClN2O3. The van der Waals surface area contributed by atoms with Crippen molar-refractivity contribution in [3.63, 3.8) is 0 Å². The van der Waals surface area contributed by atoms with Gasteiger partial charge >= 0.3 is 0 Å². The first-order valence-electron chi connectivity index (χ1n) is 8.05. The molecule has 3 aliphatic rings. The van der Waals surface area contributed by atoms with Crippen molar-refractivity contribution in [3.8, 4) is 0 Å². The summed E-state index contributed by atoms with van der Waals surface area (Å²) in [4.78, 5) is 38.6. The topological polar surface area (TPSA) is 66.5 Å². The van der Waals surface area contributed by atoms with E-state index in [1.54, 1.807) is 18.2 Å². The molecule has 1 saturated heterocycles. The van der Waals surface area contributed by atoms with E-state index in [9.17, 15) is 14.4 Å². The molecule has 1 heterocycles. The second-order valence-electron chi connectivity index (χ2n) is 6.77.